The van der Waals surface area contributed by atoms with Crippen molar-refractivity contribution >= 4 is 50.3 Å². The van der Waals surface area contributed by atoms with Crippen LogP contribution in [0.25, 0.3) is 11.3 Å². The summed E-state index contributed by atoms with van der Waals surface area (Å²) in [7, 11) is 0. The molecule has 0 aliphatic rings. The fourth-order valence-electron chi connectivity index (χ4n) is 1.51. The molecule has 0 spiro atoms. The highest BCUT2D eigenvalue weighted by Gasteiger charge is 2.17. The first-order chi connectivity index (χ1) is 8.54. The van der Waals surface area contributed by atoms with Crippen molar-refractivity contribution in [2.45, 2.75) is 0 Å². The molecule has 0 saturated heterocycles. The molecule has 7 heteroatoms. The maximum atomic E-state index is 9.16. The van der Waals surface area contributed by atoms with Gasteiger partial charge in [-0.3, -0.25) is 0 Å². The zero-order valence-electron chi connectivity index (χ0n) is 8.98. The van der Waals surface area contributed by atoms with Crippen LogP contribution in [0, 0.1) is 14.9 Å². The Labute approximate surface area is 125 Å². The van der Waals surface area contributed by atoms with Crippen LogP contribution in [0.4, 0.5) is 11.8 Å². The van der Waals surface area contributed by atoms with Gasteiger partial charge in [-0.1, -0.05) is 22.0 Å². The first-order valence-electron chi connectivity index (χ1n) is 4.82. The number of rotatable bonds is 1. The number of nitrogen functional groups attached to an aromatic ring is 2. The zero-order chi connectivity index (χ0) is 13.3. The van der Waals surface area contributed by atoms with Gasteiger partial charge in [0, 0.05) is 13.6 Å². The fourth-order valence-corrected chi connectivity index (χ4v) is 3.19. The van der Waals surface area contributed by atoms with Gasteiger partial charge in [0.05, 0.1) is 5.69 Å². The molecule has 2 aromatic rings. The first-order valence-corrected chi connectivity index (χ1v) is 6.69. The largest absolute Gasteiger partial charge is 0.382 e. The van der Waals surface area contributed by atoms with E-state index in [1.54, 1.807) is 0 Å². The summed E-state index contributed by atoms with van der Waals surface area (Å²) in [6, 6.07) is 7.69. The fraction of sp³-hybridized carbons (Fsp3) is 0. The van der Waals surface area contributed by atoms with Crippen LogP contribution in [-0.2, 0) is 0 Å². The summed E-state index contributed by atoms with van der Waals surface area (Å²) in [5.74, 6) is 0.139. The summed E-state index contributed by atoms with van der Waals surface area (Å²) in [5.41, 5.74) is 12.8. The van der Waals surface area contributed by atoms with Gasteiger partial charge in [0.25, 0.3) is 0 Å². The molecule has 1 heterocycles. The second-order valence-electron chi connectivity index (χ2n) is 3.40. The smallest absolute Gasteiger partial charge is 0.222 e. The SMILES string of the molecule is N#Cc1c(N)nc(N)nc1-c1c(Br)cccc1I. The van der Waals surface area contributed by atoms with E-state index in [0.717, 1.165) is 13.6 Å². The van der Waals surface area contributed by atoms with E-state index in [9.17, 15) is 0 Å². The number of nitrogens with two attached hydrogens (primary N) is 2. The molecule has 2 rings (SSSR count). The van der Waals surface area contributed by atoms with Crippen molar-refractivity contribution in [3.8, 4) is 17.3 Å². The lowest BCUT2D eigenvalue weighted by atomic mass is 10.1. The average molecular weight is 416 g/mol. The number of nitriles is 1. The summed E-state index contributed by atoms with van der Waals surface area (Å²) in [6.45, 7) is 0. The summed E-state index contributed by atoms with van der Waals surface area (Å²) >= 11 is 5.60. The van der Waals surface area contributed by atoms with Crippen molar-refractivity contribution in [1.82, 2.24) is 9.97 Å². The van der Waals surface area contributed by atoms with Crippen LogP contribution in [0.1, 0.15) is 5.56 Å². The highest BCUT2D eigenvalue weighted by Crippen LogP contribution is 2.34. The van der Waals surface area contributed by atoms with E-state index in [2.05, 4.69) is 48.5 Å². The van der Waals surface area contributed by atoms with Gasteiger partial charge in [0.15, 0.2) is 0 Å². The van der Waals surface area contributed by atoms with Crippen LogP contribution in [0.3, 0.4) is 0 Å². The molecule has 0 amide bonds. The van der Waals surface area contributed by atoms with Gasteiger partial charge in [-0.25, -0.2) is 4.98 Å². The standard InChI is InChI=1S/C11H7BrIN5/c12-6-2-1-3-7(13)8(6)9-5(4-14)10(15)18-11(16)17-9/h1-3H,(H4,15,16,17,18). The van der Waals surface area contributed by atoms with Gasteiger partial charge in [-0.05, 0) is 34.7 Å². The summed E-state index contributed by atoms with van der Waals surface area (Å²) in [5, 5.41) is 9.16. The Morgan fingerprint density at radius 2 is 2.00 bits per heavy atom. The van der Waals surface area contributed by atoms with Crippen molar-refractivity contribution < 1.29 is 0 Å². The molecule has 1 aromatic carbocycles. The molecule has 0 aliphatic carbocycles. The lowest BCUT2D eigenvalue weighted by molar-refractivity contribution is 1.18. The minimum atomic E-state index is 0.0491. The molecule has 0 unspecified atom stereocenters. The maximum absolute atomic E-state index is 9.16. The number of anilines is 2. The quantitative estimate of drug-likeness (QED) is 0.697. The number of hydrogen-bond donors (Lipinski definition) is 2. The Morgan fingerprint density at radius 3 is 2.61 bits per heavy atom. The van der Waals surface area contributed by atoms with E-state index in [4.69, 9.17) is 16.7 Å². The van der Waals surface area contributed by atoms with E-state index < -0.39 is 0 Å². The van der Waals surface area contributed by atoms with E-state index in [0.29, 0.717) is 5.69 Å². The van der Waals surface area contributed by atoms with Gasteiger partial charge in [0.2, 0.25) is 5.95 Å². The molecule has 0 fully saturated rings. The lowest BCUT2D eigenvalue weighted by Gasteiger charge is -2.10. The highest BCUT2D eigenvalue weighted by atomic mass is 127. The second-order valence-corrected chi connectivity index (χ2v) is 5.42. The third-order valence-electron chi connectivity index (χ3n) is 2.27. The molecule has 0 aliphatic heterocycles. The summed E-state index contributed by atoms with van der Waals surface area (Å²) in [6.07, 6.45) is 0. The molecule has 0 radical (unpaired) electrons. The van der Waals surface area contributed by atoms with Crippen LogP contribution in [0.2, 0.25) is 0 Å². The van der Waals surface area contributed by atoms with Gasteiger partial charge < -0.3 is 11.5 Å². The van der Waals surface area contributed by atoms with E-state index >= 15 is 0 Å². The molecular formula is C11H7BrIN5. The normalized spacial score (nSPS) is 10.1. The Balaban J connectivity index is 2.84. The zero-order valence-corrected chi connectivity index (χ0v) is 12.7. The van der Waals surface area contributed by atoms with Crippen molar-refractivity contribution in [1.29, 1.82) is 5.26 Å². The number of halogens is 2. The predicted octanol–water partition coefficient (Wildman–Crippen LogP) is 2.55. The molecule has 0 atom stereocenters. The second kappa shape index (κ2) is 5.07. The molecule has 90 valence electrons. The molecule has 1 aromatic heterocycles. The number of aromatic nitrogens is 2. The molecular weight excluding hydrogens is 409 g/mol. The van der Waals surface area contributed by atoms with Gasteiger partial charge in [-0.15, -0.1) is 0 Å². The van der Waals surface area contributed by atoms with Crippen LogP contribution in [-0.4, -0.2) is 9.97 Å². The Morgan fingerprint density at radius 1 is 1.28 bits per heavy atom. The maximum Gasteiger partial charge on any atom is 0.222 e. The molecule has 18 heavy (non-hydrogen) atoms. The first kappa shape index (κ1) is 13.0. The van der Waals surface area contributed by atoms with Crippen LogP contribution >= 0.6 is 38.5 Å². The van der Waals surface area contributed by atoms with Gasteiger partial charge in [0.1, 0.15) is 17.5 Å². The molecule has 4 N–H and O–H groups in total. The third-order valence-corrected chi connectivity index (χ3v) is 3.83. The van der Waals surface area contributed by atoms with Crippen molar-refractivity contribution in [3.63, 3.8) is 0 Å². The molecule has 0 saturated carbocycles. The van der Waals surface area contributed by atoms with Crippen molar-refractivity contribution in [2.75, 3.05) is 11.5 Å². The monoisotopic (exact) mass is 415 g/mol. The number of nitrogens with zero attached hydrogens (tertiary/aromatic N) is 3. The van der Waals surface area contributed by atoms with Crippen molar-refractivity contribution in [3.05, 3.63) is 31.8 Å². The Hall–Kier alpha value is -1.40. The summed E-state index contributed by atoms with van der Waals surface area (Å²) in [4.78, 5) is 7.92. The Bertz CT molecular complexity index is 645. The van der Waals surface area contributed by atoms with Gasteiger partial charge >= 0.3 is 0 Å². The topological polar surface area (TPSA) is 102 Å². The number of benzene rings is 1. The predicted molar refractivity (Wildman–Crippen MR) is 81.4 cm³/mol. The van der Waals surface area contributed by atoms with Crippen LogP contribution < -0.4 is 11.5 Å². The molecule has 0 bridgehead atoms. The lowest BCUT2D eigenvalue weighted by Crippen LogP contribution is -2.05. The third kappa shape index (κ3) is 2.26. The highest BCUT2D eigenvalue weighted by molar-refractivity contribution is 14.1. The van der Waals surface area contributed by atoms with E-state index in [1.807, 2.05) is 24.3 Å². The van der Waals surface area contributed by atoms with E-state index in [-0.39, 0.29) is 17.3 Å². The summed E-state index contributed by atoms with van der Waals surface area (Å²) < 4.78 is 1.76. The van der Waals surface area contributed by atoms with Crippen LogP contribution in [0.5, 0.6) is 0 Å². The minimum Gasteiger partial charge on any atom is -0.382 e. The number of hydrogen-bond acceptors (Lipinski definition) is 5. The van der Waals surface area contributed by atoms with Gasteiger partial charge in [-0.2, -0.15) is 10.2 Å². The van der Waals surface area contributed by atoms with Crippen LogP contribution in [0.15, 0.2) is 22.7 Å². The molecule has 5 nitrogen and oxygen atoms in total. The van der Waals surface area contributed by atoms with Crippen molar-refractivity contribution in [2.24, 2.45) is 0 Å². The Kier molecular flexibility index (Phi) is 3.68. The average Bonchev–Trinajstić information content (AvgIpc) is 2.28. The minimum absolute atomic E-state index is 0.0491. The van der Waals surface area contributed by atoms with E-state index in [1.165, 1.54) is 0 Å².